The molecule has 0 aliphatic heterocycles. The number of hydrogen-bond donors (Lipinski definition) is 1. The smallest absolute Gasteiger partial charge is 0.179 e. The van der Waals surface area contributed by atoms with E-state index in [1.54, 1.807) is 24.3 Å². The molecule has 0 aliphatic carbocycles. The molecule has 18 heavy (non-hydrogen) atoms. The Morgan fingerprint density at radius 1 is 0.944 bits per heavy atom. The van der Waals surface area contributed by atoms with Crippen LogP contribution in [0, 0.1) is 0 Å². The Kier molecular flexibility index (Phi) is 4.28. The second-order valence-electron chi connectivity index (χ2n) is 3.99. The van der Waals surface area contributed by atoms with Gasteiger partial charge in [0.2, 0.25) is 0 Å². The summed E-state index contributed by atoms with van der Waals surface area (Å²) in [5.41, 5.74) is 1.32. The van der Waals surface area contributed by atoms with Gasteiger partial charge in [0, 0.05) is 5.56 Å². The third kappa shape index (κ3) is 2.86. The molecule has 1 N–H and O–H groups in total. The molecular formula is C15H13BrO2. The molecule has 2 aromatic carbocycles. The normalized spacial score (nSPS) is 13.9. The lowest BCUT2D eigenvalue weighted by atomic mass is 10.0. The quantitative estimate of drug-likeness (QED) is 0.694. The van der Waals surface area contributed by atoms with E-state index in [1.165, 1.54) is 0 Å². The molecule has 0 bridgehead atoms. The molecule has 92 valence electrons. The van der Waals surface area contributed by atoms with Crippen LogP contribution in [0.25, 0.3) is 0 Å². The van der Waals surface area contributed by atoms with Gasteiger partial charge in [-0.05, 0) is 5.56 Å². The van der Waals surface area contributed by atoms with Gasteiger partial charge < -0.3 is 5.11 Å². The molecule has 0 saturated heterocycles. The van der Waals surface area contributed by atoms with Gasteiger partial charge in [-0.15, -0.1) is 0 Å². The highest BCUT2D eigenvalue weighted by molar-refractivity contribution is 9.10. The van der Waals surface area contributed by atoms with Crippen molar-refractivity contribution in [2.24, 2.45) is 0 Å². The fraction of sp³-hybridized carbons (Fsp3) is 0.133. The number of carbonyl (C=O) groups is 1. The molecule has 2 rings (SSSR count). The molecule has 0 spiro atoms. The summed E-state index contributed by atoms with van der Waals surface area (Å²) >= 11 is 3.28. The Balaban J connectivity index is 2.17. The summed E-state index contributed by atoms with van der Waals surface area (Å²) in [4.78, 5) is 11.5. The van der Waals surface area contributed by atoms with E-state index in [0.717, 1.165) is 5.56 Å². The first-order chi connectivity index (χ1) is 8.70. The maximum atomic E-state index is 12.2. The molecule has 2 atom stereocenters. The summed E-state index contributed by atoms with van der Waals surface area (Å²) in [7, 11) is 0. The summed E-state index contributed by atoms with van der Waals surface area (Å²) in [5.74, 6) is -0.119. The molecule has 0 fully saturated rings. The molecule has 1 unspecified atom stereocenters. The number of aliphatic hydroxyl groups is 1. The molecule has 0 radical (unpaired) electrons. The third-order valence-electron chi connectivity index (χ3n) is 2.73. The number of Topliss-reactive ketones (excluding diaryl/α,β-unsaturated/α-hetero) is 1. The first-order valence-electron chi connectivity index (χ1n) is 5.66. The van der Waals surface area contributed by atoms with E-state index < -0.39 is 10.9 Å². The summed E-state index contributed by atoms with van der Waals surface area (Å²) in [6.07, 6.45) is -0.848. The van der Waals surface area contributed by atoms with Gasteiger partial charge in [-0.1, -0.05) is 76.6 Å². The van der Waals surface area contributed by atoms with Crippen molar-refractivity contribution < 1.29 is 9.90 Å². The lowest BCUT2D eigenvalue weighted by Gasteiger charge is -2.16. The summed E-state index contributed by atoms with van der Waals surface area (Å²) in [5, 5.41) is 10.2. The number of ketones is 1. The molecule has 3 heteroatoms. The maximum absolute atomic E-state index is 12.2. The molecule has 0 amide bonds. The van der Waals surface area contributed by atoms with Crippen molar-refractivity contribution in [1.82, 2.24) is 0 Å². The van der Waals surface area contributed by atoms with E-state index >= 15 is 0 Å². The fourth-order valence-electron chi connectivity index (χ4n) is 1.72. The predicted octanol–water partition coefficient (Wildman–Crippen LogP) is 3.37. The van der Waals surface area contributed by atoms with E-state index in [1.807, 2.05) is 36.4 Å². The second-order valence-corrected chi connectivity index (χ2v) is 4.97. The van der Waals surface area contributed by atoms with Gasteiger partial charge in [0.15, 0.2) is 5.78 Å². The lowest BCUT2D eigenvalue weighted by Crippen LogP contribution is -2.22. The zero-order valence-corrected chi connectivity index (χ0v) is 11.2. The highest BCUT2D eigenvalue weighted by Crippen LogP contribution is 2.25. The number of halogens is 1. The molecule has 0 heterocycles. The van der Waals surface area contributed by atoms with Crippen molar-refractivity contribution >= 4 is 21.7 Å². The van der Waals surface area contributed by atoms with Crippen molar-refractivity contribution in [3.63, 3.8) is 0 Å². The van der Waals surface area contributed by atoms with E-state index in [2.05, 4.69) is 15.9 Å². The predicted molar refractivity (Wildman–Crippen MR) is 74.9 cm³/mol. The van der Waals surface area contributed by atoms with Crippen LogP contribution in [-0.2, 0) is 0 Å². The second kappa shape index (κ2) is 5.94. The van der Waals surface area contributed by atoms with Gasteiger partial charge in [0.1, 0.15) is 4.83 Å². The average Bonchev–Trinajstić information content (AvgIpc) is 2.47. The minimum atomic E-state index is -0.848. The van der Waals surface area contributed by atoms with Crippen LogP contribution in [0.4, 0.5) is 0 Å². The average molecular weight is 305 g/mol. The zero-order valence-electron chi connectivity index (χ0n) is 9.66. The molecule has 2 aromatic rings. The van der Waals surface area contributed by atoms with Gasteiger partial charge in [-0.25, -0.2) is 0 Å². The largest absolute Gasteiger partial charge is 0.387 e. The van der Waals surface area contributed by atoms with Gasteiger partial charge in [-0.2, -0.15) is 0 Å². The number of aliphatic hydroxyl groups excluding tert-OH is 1. The summed E-state index contributed by atoms with van der Waals surface area (Å²) < 4.78 is 0. The number of rotatable bonds is 4. The minimum Gasteiger partial charge on any atom is -0.387 e. The monoisotopic (exact) mass is 304 g/mol. The highest BCUT2D eigenvalue weighted by Gasteiger charge is 2.25. The van der Waals surface area contributed by atoms with Crippen LogP contribution >= 0.6 is 15.9 Å². The number of hydrogen-bond acceptors (Lipinski definition) is 2. The standard InChI is InChI=1S/C15H13BrO2/c16-13(14(17)11-7-3-1-4-8-11)15(18)12-9-5-2-6-10-12/h1-10,13-14,17H/t13?,14-/m1/s1. The SMILES string of the molecule is O=C(c1ccccc1)C(Br)[C@H](O)c1ccccc1. The molecular weight excluding hydrogens is 292 g/mol. The first kappa shape index (κ1) is 13.0. The summed E-state index contributed by atoms with van der Waals surface area (Å²) in [6.45, 7) is 0. The van der Waals surface area contributed by atoms with Crippen LogP contribution in [0.1, 0.15) is 22.0 Å². The topological polar surface area (TPSA) is 37.3 Å². The van der Waals surface area contributed by atoms with Crippen LogP contribution in [0.2, 0.25) is 0 Å². The zero-order chi connectivity index (χ0) is 13.0. The maximum Gasteiger partial charge on any atom is 0.179 e. The van der Waals surface area contributed by atoms with Crippen LogP contribution < -0.4 is 0 Å². The van der Waals surface area contributed by atoms with Crippen molar-refractivity contribution in [3.05, 3.63) is 71.8 Å². The van der Waals surface area contributed by atoms with E-state index in [4.69, 9.17) is 0 Å². The van der Waals surface area contributed by atoms with Crippen molar-refractivity contribution in [1.29, 1.82) is 0 Å². The van der Waals surface area contributed by atoms with Crippen molar-refractivity contribution in [2.45, 2.75) is 10.9 Å². The van der Waals surface area contributed by atoms with Crippen molar-refractivity contribution in [3.8, 4) is 0 Å². The van der Waals surface area contributed by atoms with Crippen LogP contribution in [0.15, 0.2) is 60.7 Å². The fourth-order valence-corrected chi connectivity index (χ4v) is 2.29. The van der Waals surface area contributed by atoms with Crippen LogP contribution in [0.5, 0.6) is 0 Å². The molecule has 0 saturated carbocycles. The molecule has 0 aromatic heterocycles. The lowest BCUT2D eigenvalue weighted by molar-refractivity contribution is 0.0903. The van der Waals surface area contributed by atoms with Gasteiger partial charge in [0.25, 0.3) is 0 Å². The Hall–Kier alpha value is -1.45. The van der Waals surface area contributed by atoms with Gasteiger partial charge >= 0.3 is 0 Å². The van der Waals surface area contributed by atoms with Gasteiger partial charge in [0.05, 0.1) is 6.10 Å². The minimum absolute atomic E-state index is 0.119. The number of benzene rings is 2. The summed E-state index contributed by atoms with van der Waals surface area (Å²) in [6, 6.07) is 18.1. The van der Waals surface area contributed by atoms with Gasteiger partial charge in [-0.3, -0.25) is 4.79 Å². The van der Waals surface area contributed by atoms with E-state index in [0.29, 0.717) is 5.56 Å². The van der Waals surface area contributed by atoms with Crippen molar-refractivity contribution in [2.75, 3.05) is 0 Å². The molecule has 2 nitrogen and oxygen atoms in total. The third-order valence-corrected chi connectivity index (χ3v) is 3.64. The molecule has 0 aliphatic rings. The Morgan fingerprint density at radius 2 is 1.44 bits per heavy atom. The highest BCUT2D eigenvalue weighted by atomic mass is 79.9. The van der Waals surface area contributed by atoms with E-state index in [9.17, 15) is 9.90 Å². The Bertz CT molecular complexity index is 511. The van der Waals surface area contributed by atoms with Crippen LogP contribution in [-0.4, -0.2) is 15.7 Å². The Morgan fingerprint density at radius 3 is 2.00 bits per heavy atom. The number of carbonyl (C=O) groups excluding carboxylic acids is 1. The Labute approximate surface area is 114 Å². The first-order valence-corrected chi connectivity index (χ1v) is 6.58. The van der Waals surface area contributed by atoms with E-state index in [-0.39, 0.29) is 5.78 Å². The van der Waals surface area contributed by atoms with Crippen LogP contribution in [0.3, 0.4) is 0 Å². The number of alkyl halides is 1.